The molecule has 1 unspecified atom stereocenters. The molecule has 0 radical (unpaired) electrons. The number of anilines is 1. The van der Waals surface area contributed by atoms with E-state index in [0.29, 0.717) is 5.69 Å². The van der Waals surface area contributed by atoms with Gasteiger partial charge in [-0.05, 0) is 31.2 Å². The highest BCUT2D eigenvalue weighted by molar-refractivity contribution is 9.10. The standard InChI is InChI=1S/C12H17BrN2O3/c1-12(18,8-16)7-14-6-11(17)15-10-4-2-9(13)3-5-10/h2-5,14,16,18H,6-8H2,1H3,(H,15,17). The van der Waals surface area contributed by atoms with Gasteiger partial charge in [0.2, 0.25) is 5.91 Å². The van der Waals surface area contributed by atoms with Crippen LogP contribution >= 0.6 is 15.9 Å². The van der Waals surface area contributed by atoms with E-state index in [1.807, 2.05) is 12.1 Å². The van der Waals surface area contributed by atoms with Crippen molar-refractivity contribution in [3.63, 3.8) is 0 Å². The number of carbonyl (C=O) groups excluding carboxylic acids is 1. The minimum atomic E-state index is -1.21. The van der Waals surface area contributed by atoms with E-state index in [2.05, 4.69) is 26.6 Å². The molecule has 1 rings (SSSR count). The van der Waals surface area contributed by atoms with Crippen molar-refractivity contribution in [3.05, 3.63) is 28.7 Å². The highest BCUT2D eigenvalue weighted by atomic mass is 79.9. The largest absolute Gasteiger partial charge is 0.393 e. The van der Waals surface area contributed by atoms with E-state index in [9.17, 15) is 9.90 Å². The second-order valence-corrected chi connectivity index (χ2v) is 5.23. The third kappa shape index (κ3) is 5.59. The van der Waals surface area contributed by atoms with Gasteiger partial charge >= 0.3 is 0 Å². The highest BCUT2D eigenvalue weighted by Gasteiger charge is 2.18. The summed E-state index contributed by atoms with van der Waals surface area (Å²) >= 11 is 3.31. The van der Waals surface area contributed by atoms with Gasteiger partial charge in [-0.1, -0.05) is 15.9 Å². The zero-order chi connectivity index (χ0) is 13.6. The summed E-state index contributed by atoms with van der Waals surface area (Å²) in [6.45, 7) is 1.37. The smallest absolute Gasteiger partial charge is 0.238 e. The monoisotopic (exact) mass is 316 g/mol. The Bertz CT molecular complexity index is 393. The Hall–Kier alpha value is -0.950. The van der Waals surface area contributed by atoms with Gasteiger partial charge in [-0.15, -0.1) is 0 Å². The number of aliphatic hydroxyl groups is 2. The third-order valence-electron chi connectivity index (χ3n) is 2.26. The lowest BCUT2D eigenvalue weighted by molar-refractivity contribution is -0.115. The van der Waals surface area contributed by atoms with Crippen LogP contribution in [0.1, 0.15) is 6.92 Å². The van der Waals surface area contributed by atoms with Crippen LogP contribution in [-0.4, -0.2) is 41.4 Å². The van der Waals surface area contributed by atoms with Gasteiger partial charge in [0.25, 0.3) is 0 Å². The van der Waals surface area contributed by atoms with Crippen LogP contribution in [0.5, 0.6) is 0 Å². The summed E-state index contributed by atoms with van der Waals surface area (Å²) in [4.78, 5) is 11.5. The molecule has 0 heterocycles. The molecule has 0 saturated heterocycles. The fourth-order valence-electron chi connectivity index (χ4n) is 1.24. The Kier molecular flexibility index (Phi) is 5.74. The molecule has 1 aromatic carbocycles. The second kappa shape index (κ2) is 6.84. The molecule has 4 N–H and O–H groups in total. The van der Waals surface area contributed by atoms with Crippen LogP contribution in [0.3, 0.4) is 0 Å². The second-order valence-electron chi connectivity index (χ2n) is 4.31. The summed E-state index contributed by atoms with van der Waals surface area (Å²) in [7, 11) is 0. The van der Waals surface area contributed by atoms with E-state index in [4.69, 9.17) is 5.11 Å². The van der Waals surface area contributed by atoms with Gasteiger partial charge in [0, 0.05) is 16.7 Å². The van der Waals surface area contributed by atoms with E-state index >= 15 is 0 Å². The van der Waals surface area contributed by atoms with Gasteiger partial charge in [0.05, 0.1) is 18.8 Å². The summed E-state index contributed by atoms with van der Waals surface area (Å²) in [5.41, 5.74) is -0.503. The van der Waals surface area contributed by atoms with E-state index in [-0.39, 0.29) is 25.6 Å². The molecular weight excluding hydrogens is 300 g/mol. The Morgan fingerprint density at radius 3 is 2.56 bits per heavy atom. The van der Waals surface area contributed by atoms with Crippen LogP contribution in [0, 0.1) is 0 Å². The van der Waals surface area contributed by atoms with E-state index in [1.165, 1.54) is 6.92 Å². The van der Waals surface area contributed by atoms with Crippen LogP contribution in [-0.2, 0) is 4.79 Å². The predicted molar refractivity (Wildman–Crippen MR) is 73.4 cm³/mol. The quantitative estimate of drug-likeness (QED) is 0.623. The first-order valence-corrected chi connectivity index (χ1v) is 6.32. The van der Waals surface area contributed by atoms with Crippen molar-refractivity contribution in [2.24, 2.45) is 0 Å². The third-order valence-corrected chi connectivity index (χ3v) is 2.79. The predicted octanol–water partition coefficient (Wildman–Crippen LogP) is 0.721. The molecule has 0 saturated carbocycles. The van der Waals surface area contributed by atoms with Crippen molar-refractivity contribution in [2.45, 2.75) is 12.5 Å². The maximum absolute atomic E-state index is 11.5. The summed E-state index contributed by atoms with van der Waals surface area (Å²) in [5.74, 6) is -0.203. The molecule has 0 aliphatic rings. The first-order chi connectivity index (χ1) is 8.43. The van der Waals surface area contributed by atoms with Gasteiger partial charge < -0.3 is 20.8 Å². The number of hydrogen-bond acceptors (Lipinski definition) is 4. The van der Waals surface area contributed by atoms with Gasteiger partial charge in [-0.2, -0.15) is 0 Å². The highest BCUT2D eigenvalue weighted by Crippen LogP contribution is 2.13. The number of nitrogens with one attached hydrogen (secondary N) is 2. The lowest BCUT2D eigenvalue weighted by atomic mass is 10.1. The number of amides is 1. The van der Waals surface area contributed by atoms with Crippen LogP contribution in [0.4, 0.5) is 5.69 Å². The van der Waals surface area contributed by atoms with Crippen molar-refractivity contribution < 1.29 is 15.0 Å². The van der Waals surface area contributed by atoms with E-state index in [0.717, 1.165) is 4.47 Å². The van der Waals surface area contributed by atoms with Gasteiger partial charge in [-0.25, -0.2) is 0 Å². The van der Waals surface area contributed by atoms with Crippen molar-refractivity contribution >= 4 is 27.5 Å². The Morgan fingerprint density at radius 1 is 1.39 bits per heavy atom. The molecule has 0 spiro atoms. The molecule has 1 atom stereocenters. The van der Waals surface area contributed by atoms with Crippen LogP contribution < -0.4 is 10.6 Å². The van der Waals surface area contributed by atoms with Crippen molar-refractivity contribution in [1.29, 1.82) is 0 Å². The van der Waals surface area contributed by atoms with Crippen LogP contribution in [0.25, 0.3) is 0 Å². The molecule has 0 aromatic heterocycles. The topological polar surface area (TPSA) is 81.6 Å². The molecule has 18 heavy (non-hydrogen) atoms. The molecule has 0 fully saturated rings. The molecular formula is C12H17BrN2O3. The van der Waals surface area contributed by atoms with Gasteiger partial charge in [0.1, 0.15) is 0 Å². The number of halogens is 1. The lowest BCUT2D eigenvalue weighted by Crippen LogP contribution is -2.43. The molecule has 5 nitrogen and oxygen atoms in total. The SMILES string of the molecule is CC(O)(CO)CNCC(=O)Nc1ccc(Br)cc1. The van der Waals surface area contributed by atoms with E-state index in [1.54, 1.807) is 12.1 Å². The molecule has 1 aromatic rings. The maximum Gasteiger partial charge on any atom is 0.238 e. The Morgan fingerprint density at radius 2 is 2.00 bits per heavy atom. The van der Waals surface area contributed by atoms with E-state index < -0.39 is 5.60 Å². The maximum atomic E-state index is 11.5. The molecule has 100 valence electrons. The van der Waals surface area contributed by atoms with Crippen molar-refractivity contribution in [3.8, 4) is 0 Å². The van der Waals surface area contributed by atoms with Crippen LogP contribution in [0.15, 0.2) is 28.7 Å². The first kappa shape index (κ1) is 15.1. The first-order valence-electron chi connectivity index (χ1n) is 5.52. The average molecular weight is 317 g/mol. The minimum Gasteiger partial charge on any atom is -0.393 e. The van der Waals surface area contributed by atoms with Gasteiger partial charge in [0.15, 0.2) is 0 Å². The molecule has 0 aliphatic carbocycles. The van der Waals surface area contributed by atoms with Gasteiger partial charge in [-0.3, -0.25) is 4.79 Å². The Labute approximate surface area is 114 Å². The summed E-state index contributed by atoms with van der Waals surface area (Å²) in [5, 5.41) is 23.8. The fraction of sp³-hybridized carbons (Fsp3) is 0.417. The Balaban J connectivity index is 2.32. The fourth-order valence-corrected chi connectivity index (χ4v) is 1.50. The summed E-state index contributed by atoms with van der Waals surface area (Å²) < 4.78 is 0.942. The summed E-state index contributed by atoms with van der Waals surface area (Å²) in [6, 6.07) is 7.23. The molecule has 1 amide bonds. The molecule has 0 bridgehead atoms. The zero-order valence-electron chi connectivity index (χ0n) is 10.1. The average Bonchev–Trinajstić information content (AvgIpc) is 2.32. The normalized spacial score (nSPS) is 14.0. The molecule has 0 aliphatic heterocycles. The number of rotatable bonds is 6. The van der Waals surface area contributed by atoms with Crippen molar-refractivity contribution in [1.82, 2.24) is 5.32 Å². The number of carbonyl (C=O) groups is 1. The van der Waals surface area contributed by atoms with Crippen molar-refractivity contribution in [2.75, 3.05) is 25.0 Å². The number of benzene rings is 1. The summed E-state index contributed by atoms with van der Waals surface area (Å²) in [6.07, 6.45) is 0. The minimum absolute atomic E-state index is 0.0756. The molecule has 6 heteroatoms. The lowest BCUT2D eigenvalue weighted by Gasteiger charge is -2.20. The number of hydrogen-bond donors (Lipinski definition) is 4. The number of aliphatic hydroxyl groups excluding tert-OH is 1. The van der Waals surface area contributed by atoms with Crippen LogP contribution in [0.2, 0.25) is 0 Å². The zero-order valence-corrected chi connectivity index (χ0v) is 11.7.